The number of nitrogens with two attached hydrogens (primary N) is 2. The van der Waals surface area contributed by atoms with Gasteiger partial charge in [0.25, 0.3) is 0 Å². The third kappa shape index (κ3) is 1.32. The van der Waals surface area contributed by atoms with Crippen molar-refractivity contribution in [2.75, 3.05) is 18.6 Å². The Bertz CT molecular complexity index is 317. The summed E-state index contributed by atoms with van der Waals surface area (Å²) in [6, 6.07) is 1.21. The average Bonchev–Trinajstić information content (AvgIpc) is 2.01. The summed E-state index contributed by atoms with van der Waals surface area (Å²) >= 11 is 3.09. The molecule has 66 valence electrons. The highest BCUT2D eigenvalue weighted by Crippen LogP contribution is 2.36. The minimum absolute atomic E-state index is 0.0879. The molecule has 12 heavy (non-hydrogen) atoms. The van der Waals surface area contributed by atoms with Crippen molar-refractivity contribution in [2.45, 2.75) is 0 Å². The van der Waals surface area contributed by atoms with Gasteiger partial charge in [-0.15, -0.1) is 0 Å². The van der Waals surface area contributed by atoms with E-state index in [1.807, 2.05) is 0 Å². The second-order valence-corrected chi connectivity index (χ2v) is 3.06. The van der Waals surface area contributed by atoms with Gasteiger partial charge in [-0.2, -0.15) is 0 Å². The molecule has 4 N–H and O–H groups in total. The fraction of sp³-hybridized carbons (Fsp3) is 0.143. The van der Waals surface area contributed by atoms with Gasteiger partial charge in [0, 0.05) is 0 Å². The van der Waals surface area contributed by atoms with E-state index in [1.165, 1.54) is 13.2 Å². The van der Waals surface area contributed by atoms with Crippen LogP contribution in [0.15, 0.2) is 10.5 Å². The number of nitrogen functional groups attached to an aromatic ring is 2. The normalized spacial score (nSPS) is 9.92. The second-order valence-electron chi connectivity index (χ2n) is 2.20. The van der Waals surface area contributed by atoms with Crippen molar-refractivity contribution in [3.8, 4) is 5.75 Å². The molecule has 0 bridgehead atoms. The first-order valence-electron chi connectivity index (χ1n) is 3.15. The van der Waals surface area contributed by atoms with E-state index in [1.54, 1.807) is 0 Å². The lowest BCUT2D eigenvalue weighted by atomic mass is 10.2. The first-order chi connectivity index (χ1) is 5.57. The van der Waals surface area contributed by atoms with E-state index in [0.717, 1.165) is 0 Å². The van der Waals surface area contributed by atoms with Crippen LogP contribution in [0.4, 0.5) is 15.8 Å². The highest BCUT2D eigenvalue weighted by Gasteiger charge is 2.12. The number of hydrogen-bond donors (Lipinski definition) is 2. The number of ether oxygens (including phenoxy) is 1. The van der Waals surface area contributed by atoms with Gasteiger partial charge < -0.3 is 16.2 Å². The van der Waals surface area contributed by atoms with Gasteiger partial charge in [-0.05, 0) is 22.0 Å². The van der Waals surface area contributed by atoms with E-state index in [9.17, 15) is 4.39 Å². The minimum Gasteiger partial charge on any atom is -0.493 e. The molecular formula is C7H8BrFN2O. The van der Waals surface area contributed by atoms with E-state index in [4.69, 9.17) is 16.2 Å². The van der Waals surface area contributed by atoms with Crippen molar-refractivity contribution in [1.29, 1.82) is 0 Å². The molecule has 0 aliphatic rings. The van der Waals surface area contributed by atoms with E-state index >= 15 is 0 Å². The summed E-state index contributed by atoms with van der Waals surface area (Å²) in [5.74, 6) is -0.200. The van der Waals surface area contributed by atoms with E-state index in [-0.39, 0.29) is 11.4 Å². The largest absolute Gasteiger partial charge is 0.493 e. The molecule has 0 spiro atoms. The maximum atomic E-state index is 12.9. The smallest absolute Gasteiger partial charge is 0.158 e. The van der Waals surface area contributed by atoms with Gasteiger partial charge in [0.2, 0.25) is 0 Å². The van der Waals surface area contributed by atoms with Crippen molar-refractivity contribution < 1.29 is 9.13 Å². The molecule has 0 fully saturated rings. The zero-order chi connectivity index (χ0) is 9.30. The fourth-order valence-electron chi connectivity index (χ4n) is 0.842. The Kier molecular flexibility index (Phi) is 2.42. The minimum atomic E-state index is -0.555. The van der Waals surface area contributed by atoms with Crippen molar-refractivity contribution in [2.24, 2.45) is 0 Å². The Labute approximate surface area is 77.6 Å². The molecule has 3 nitrogen and oxygen atoms in total. The molecule has 0 saturated heterocycles. The van der Waals surface area contributed by atoms with Crippen molar-refractivity contribution in [3.05, 3.63) is 16.4 Å². The highest BCUT2D eigenvalue weighted by molar-refractivity contribution is 9.10. The second kappa shape index (κ2) is 3.18. The van der Waals surface area contributed by atoms with Crippen LogP contribution >= 0.6 is 15.9 Å². The number of halogens is 2. The molecule has 0 saturated carbocycles. The van der Waals surface area contributed by atoms with E-state index < -0.39 is 5.82 Å². The summed E-state index contributed by atoms with van der Waals surface area (Å²) < 4.78 is 18.2. The number of hydrogen-bond acceptors (Lipinski definition) is 3. The molecular weight excluding hydrogens is 227 g/mol. The molecule has 0 aromatic heterocycles. The summed E-state index contributed by atoms with van der Waals surface area (Å²) in [4.78, 5) is 0. The van der Waals surface area contributed by atoms with Gasteiger partial charge in [-0.3, -0.25) is 0 Å². The molecule has 0 atom stereocenters. The van der Waals surface area contributed by atoms with Crippen molar-refractivity contribution >= 4 is 27.3 Å². The van der Waals surface area contributed by atoms with Crippen LogP contribution in [-0.4, -0.2) is 7.11 Å². The van der Waals surface area contributed by atoms with Gasteiger partial charge >= 0.3 is 0 Å². The van der Waals surface area contributed by atoms with Crippen LogP contribution in [0, 0.1) is 5.82 Å². The lowest BCUT2D eigenvalue weighted by Gasteiger charge is -2.09. The third-order valence-corrected chi connectivity index (χ3v) is 2.06. The van der Waals surface area contributed by atoms with Crippen molar-refractivity contribution in [1.82, 2.24) is 0 Å². The zero-order valence-electron chi connectivity index (χ0n) is 6.40. The summed E-state index contributed by atoms with van der Waals surface area (Å²) in [5.41, 5.74) is 10.8. The van der Waals surface area contributed by atoms with Gasteiger partial charge in [-0.25, -0.2) is 4.39 Å². The Morgan fingerprint density at radius 3 is 2.50 bits per heavy atom. The Morgan fingerprint density at radius 2 is 2.00 bits per heavy atom. The van der Waals surface area contributed by atoms with Gasteiger partial charge in [0.1, 0.15) is 11.5 Å². The third-order valence-electron chi connectivity index (χ3n) is 1.47. The Balaban J connectivity index is 3.40. The molecule has 0 aliphatic heterocycles. The Hall–Kier alpha value is -0.970. The van der Waals surface area contributed by atoms with Gasteiger partial charge in [0.05, 0.1) is 17.3 Å². The summed E-state index contributed by atoms with van der Waals surface area (Å²) in [6.07, 6.45) is 0. The number of methoxy groups -OCH3 is 1. The molecule has 1 aromatic carbocycles. The summed E-state index contributed by atoms with van der Waals surface area (Å²) in [6.45, 7) is 0. The number of rotatable bonds is 1. The first kappa shape index (κ1) is 9.12. The molecule has 0 heterocycles. The molecule has 1 aromatic rings. The van der Waals surface area contributed by atoms with E-state index in [2.05, 4.69) is 15.9 Å². The highest BCUT2D eigenvalue weighted by atomic mass is 79.9. The summed E-state index contributed by atoms with van der Waals surface area (Å²) in [7, 11) is 1.44. The molecule has 0 unspecified atom stereocenters. The standard InChI is InChI=1S/C7H8BrFN2O/c1-12-7-3(8)2-4(9)5(10)6(7)11/h2H,10-11H2,1H3. The van der Waals surface area contributed by atoms with Crippen LogP contribution in [0.2, 0.25) is 0 Å². The summed E-state index contributed by atoms with van der Waals surface area (Å²) in [5, 5.41) is 0. The number of anilines is 2. The van der Waals surface area contributed by atoms with Crippen LogP contribution in [0.25, 0.3) is 0 Å². The maximum absolute atomic E-state index is 12.9. The topological polar surface area (TPSA) is 61.3 Å². The lowest BCUT2D eigenvalue weighted by Crippen LogP contribution is -2.01. The fourth-order valence-corrected chi connectivity index (χ4v) is 1.42. The molecule has 0 amide bonds. The molecule has 1 rings (SSSR count). The molecule has 0 aliphatic carbocycles. The first-order valence-corrected chi connectivity index (χ1v) is 3.94. The number of benzene rings is 1. The van der Waals surface area contributed by atoms with Crippen LogP contribution < -0.4 is 16.2 Å². The SMILES string of the molecule is COc1c(Br)cc(F)c(N)c1N. The predicted molar refractivity (Wildman–Crippen MR) is 49.5 cm³/mol. The molecule has 0 radical (unpaired) electrons. The van der Waals surface area contributed by atoms with Gasteiger partial charge in [-0.1, -0.05) is 0 Å². The Morgan fingerprint density at radius 1 is 1.42 bits per heavy atom. The van der Waals surface area contributed by atoms with Crippen molar-refractivity contribution in [3.63, 3.8) is 0 Å². The van der Waals surface area contributed by atoms with E-state index in [0.29, 0.717) is 10.2 Å². The monoisotopic (exact) mass is 234 g/mol. The zero-order valence-corrected chi connectivity index (χ0v) is 7.98. The van der Waals surface area contributed by atoms with Gasteiger partial charge in [0.15, 0.2) is 5.75 Å². The predicted octanol–water partition coefficient (Wildman–Crippen LogP) is 1.76. The van der Waals surface area contributed by atoms with Crippen LogP contribution in [0.1, 0.15) is 0 Å². The molecule has 5 heteroatoms. The average molecular weight is 235 g/mol. The van der Waals surface area contributed by atoms with Crippen LogP contribution in [-0.2, 0) is 0 Å². The van der Waals surface area contributed by atoms with Crippen LogP contribution in [0.3, 0.4) is 0 Å². The van der Waals surface area contributed by atoms with Crippen LogP contribution in [0.5, 0.6) is 5.75 Å². The lowest BCUT2D eigenvalue weighted by molar-refractivity contribution is 0.413. The quantitative estimate of drug-likeness (QED) is 0.729. The maximum Gasteiger partial charge on any atom is 0.158 e.